The van der Waals surface area contributed by atoms with E-state index in [2.05, 4.69) is 28.2 Å². The third kappa shape index (κ3) is 17.3. The van der Waals surface area contributed by atoms with Gasteiger partial charge in [-0.1, -0.05) is 73.1 Å². The molecule has 6 amide bonds. The van der Waals surface area contributed by atoms with Gasteiger partial charge in [-0.25, -0.2) is 0 Å². The van der Waals surface area contributed by atoms with Gasteiger partial charge in [0.15, 0.2) is 0 Å². The average molecular weight is 753 g/mol. The van der Waals surface area contributed by atoms with E-state index in [0.29, 0.717) is 32.1 Å². The number of carbonyl (C=O) groups excluding carboxylic acids is 7. The van der Waals surface area contributed by atoms with Crippen LogP contribution in [0.15, 0.2) is 0 Å². The van der Waals surface area contributed by atoms with Crippen LogP contribution in [0.25, 0.3) is 0 Å². The molecular weight excluding hydrogens is 684 g/mol. The highest BCUT2D eigenvalue weighted by atomic mass is 16.5. The van der Waals surface area contributed by atoms with Crippen LogP contribution in [0.5, 0.6) is 0 Å². The van der Waals surface area contributed by atoms with Crippen molar-refractivity contribution in [1.82, 2.24) is 26.2 Å². The van der Waals surface area contributed by atoms with Crippen molar-refractivity contribution < 1.29 is 38.3 Å². The molecule has 0 saturated heterocycles. The van der Waals surface area contributed by atoms with Crippen LogP contribution in [-0.2, 0) is 38.3 Å². The molecule has 0 bridgehead atoms. The fraction of sp³-hybridized carbons (Fsp3) is 0.811. The summed E-state index contributed by atoms with van der Waals surface area (Å²) in [4.78, 5) is 92.1. The standard InChI is InChI=1S/C37H68N8O8/c1-7-8-9-13-16-29(53-31(47)22-42-34(49)24(4)21-41-30(46)17-18-38)25(5)37(52)45(6)28(19-23(2)3)35(50)44-32(26-14-11-10-12-15-26)36(51)43-27(20-39)33(40)48/h23-29,32H,7-22,38-39H2,1-6H3,(H2,40,48)(H,41,46)(H,42,49)(H,43,51)(H,44,50)/t24-,25+,27-,28-,29-,32-/m0/s1. The maximum absolute atomic E-state index is 14.1. The summed E-state index contributed by atoms with van der Waals surface area (Å²) in [5, 5.41) is 10.7. The zero-order valence-electron chi connectivity index (χ0n) is 32.9. The molecular formula is C37H68N8O8. The molecule has 53 heavy (non-hydrogen) atoms. The van der Waals surface area contributed by atoms with Crippen molar-refractivity contribution >= 4 is 41.4 Å². The van der Waals surface area contributed by atoms with Crippen molar-refractivity contribution in [2.45, 2.75) is 136 Å². The number of esters is 1. The van der Waals surface area contributed by atoms with E-state index in [1.165, 1.54) is 11.9 Å². The number of amides is 6. The molecule has 16 heteroatoms. The van der Waals surface area contributed by atoms with Crippen molar-refractivity contribution in [3.8, 4) is 0 Å². The number of nitrogens with one attached hydrogen (secondary N) is 4. The van der Waals surface area contributed by atoms with Gasteiger partial charge in [0.05, 0.1) is 11.8 Å². The molecule has 1 fully saturated rings. The van der Waals surface area contributed by atoms with Crippen molar-refractivity contribution in [3.05, 3.63) is 0 Å². The van der Waals surface area contributed by atoms with Crippen LogP contribution in [0, 0.1) is 23.7 Å². The number of hydrogen-bond donors (Lipinski definition) is 7. The monoisotopic (exact) mass is 753 g/mol. The predicted molar refractivity (Wildman–Crippen MR) is 201 cm³/mol. The van der Waals surface area contributed by atoms with E-state index in [0.717, 1.165) is 38.5 Å². The summed E-state index contributed by atoms with van der Waals surface area (Å²) < 4.78 is 5.80. The van der Waals surface area contributed by atoms with Crippen molar-refractivity contribution in [2.24, 2.45) is 40.9 Å². The second-order valence-corrected chi connectivity index (χ2v) is 14.8. The van der Waals surface area contributed by atoms with Gasteiger partial charge >= 0.3 is 5.97 Å². The molecule has 1 aliphatic carbocycles. The number of carbonyl (C=O) groups is 7. The van der Waals surface area contributed by atoms with Gasteiger partial charge in [-0.15, -0.1) is 0 Å². The molecule has 0 spiro atoms. The van der Waals surface area contributed by atoms with E-state index < -0.39 is 78.1 Å². The third-order valence-electron chi connectivity index (χ3n) is 9.81. The van der Waals surface area contributed by atoms with Crippen LogP contribution in [0.3, 0.4) is 0 Å². The quantitative estimate of drug-likeness (QED) is 0.0504. The molecule has 6 atom stereocenters. The van der Waals surface area contributed by atoms with Gasteiger partial charge in [0, 0.05) is 33.1 Å². The number of primary amides is 1. The highest BCUT2D eigenvalue weighted by Gasteiger charge is 2.38. The lowest BCUT2D eigenvalue weighted by atomic mass is 9.83. The normalized spacial score (nSPS) is 16.6. The molecule has 0 aromatic heterocycles. The number of nitrogens with two attached hydrogens (primary N) is 3. The Morgan fingerprint density at radius 1 is 0.849 bits per heavy atom. The lowest BCUT2D eigenvalue weighted by molar-refractivity contribution is -0.158. The number of likely N-dealkylation sites (N-methyl/N-ethyl adjacent to an activating group) is 1. The second kappa shape index (κ2) is 25.3. The van der Waals surface area contributed by atoms with Gasteiger partial charge in [-0.2, -0.15) is 0 Å². The molecule has 0 heterocycles. The molecule has 1 rings (SSSR count). The summed E-state index contributed by atoms with van der Waals surface area (Å²) in [7, 11) is 1.53. The Bertz CT molecular complexity index is 1200. The summed E-state index contributed by atoms with van der Waals surface area (Å²) in [6.45, 7) is 8.84. The van der Waals surface area contributed by atoms with Crippen LogP contribution < -0.4 is 38.5 Å². The van der Waals surface area contributed by atoms with Crippen LogP contribution in [-0.4, -0.2) is 104 Å². The number of hydrogen-bond acceptors (Lipinski definition) is 10. The zero-order chi connectivity index (χ0) is 40.1. The topological polar surface area (TPSA) is 258 Å². The van der Waals surface area contributed by atoms with E-state index in [1.807, 2.05) is 13.8 Å². The Morgan fingerprint density at radius 2 is 1.51 bits per heavy atom. The van der Waals surface area contributed by atoms with Gasteiger partial charge < -0.3 is 48.1 Å². The summed E-state index contributed by atoms with van der Waals surface area (Å²) in [6, 6.07) is -3.00. The minimum atomic E-state index is -1.09. The Labute approximate surface area is 315 Å². The van der Waals surface area contributed by atoms with E-state index in [-0.39, 0.29) is 43.8 Å². The maximum atomic E-state index is 14.1. The Hall–Kier alpha value is -3.79. The molecule has 0 aromatic rings. The van der Waals surface area contributed by atoms with E-state index >= 15 is 0 Å². The Kier molecular flexibility index (Phi) is 22.5. The molecule has 0 unspecified atom stereocenters. The largest absolute Gasteiger partial charge is 0.460 e. The number of unbranched alkanes of at least 4 members (excludes halogenated alkanes) is 3. The van der Waals surface area contributed by atoms with Crippen molar-refractivity contribution in [1.29, 1.82) is 0 Å². The van der Waals surface area contributed by atoms with E-state index in [1.54, 1.807) is 13.8 Å². The fourth-order valence-corrected chi connectivity index (χ4v) is 6.45. The van der Waals surface area contributed by atoms with Crippen LogP contribution in [0.1, 0.15) is 112 Å². The molecule has 1 saturated carbocycles. The highest BCUT2D eigenvalue weighted by Crippen LogP contribution is 2.28. The smallest absolute Gasteiger partial charge is 0.325 e. The first kappa shape index (κ1) is 47.2. The first-order valence-electron chi connectivity index (χ1n) is 19.4. The molecule has 0 radical (unpaired) electrons. The molecule has 0 aromatic carbocycles. The average Bonchev–Trinajstić information content (AvgIpc) is 3.13. The lowest BCUT2D eigenvalue weighted by Crippen LogP contribution is -2.60. The fourth-order valence-electron chi connectivity index (χ4n) is 6.45. The lowest BCUT2D eigenvalue weighted by Gasteiger charge is -2.36. The first-order chi connectivity index (χ1) is 25.1. The molecule has 10 N–H and O–H groups in total. The highest BCUT2D eigenvalue weighted by molar-refractivity contribution is 5.94. The number of rotatable bonds is 25. The third-order valence-corrected chi connectivity index (χ3v) is 9.81. The molecule has 16 nitrogen and oxygen atoms in total. The summed E-state index contributed by atoms with van der Waals surface area (Å²) in [5.74, 6) is -5.32. The van der Waals surface area contributed by atoms with Gasteiger partial charge in [-0.3, -0.25) is 33.6 Å². The number of ether oxygens (including phenoxy) is 1. The summed E-state index contributed by atoms with van der Waals surface area (Å²) in [6.07, 6.45) is 7.74. The van der Waals surface area contributed by atoms with Crippen LogP contribution in [0.4, 0.5) is 0 Å². The van der Waals surface area contributed by atoms with Gasteiger partial charge in [0.25, 0.3) is 0 Å². The van der Waals surface area contributed by atoms with E-state index in [4.69, 9.17) is 21.9 Å². The van der Waals surface area contributed by atoms with Crippen molar-refractivity contribution in [3.63, 3.8) is 0 Å². The Morgan fingerprint density at radius 3 is 2.08 bits per heavy atom. The molecule has 1 aliphatic rings. The summed E-state index contributed by atoms with van der Waals surface area (Å²) in [5.41, 5.74) is 16.5. The minimum Gasteiger partial charge on any atom is -0.460 e. The summed E-state index contributed by atoms with van der Waals surface area (Å²) >= 11 is 0. The molecule has 304 valence electrons. The first-order valence-corrected chi connectivity index (χ1v) is 19.4. The second-order valence-electron chi connectivity index (χ2n) is 14.8. The minimum absolute atomic E-state index is 0.00241. The zero-order valence-corrected chi connectivity index (χ0v) is 32.9. The molecule has 0 aliphatic heterocycles. The SMILES string of the molecule is CCCCCC[C@H](OC(=O)CNC(=O)[C@@H](C)CNC(=O)CCN)[C@@H](C)C(=O)N(C)[C@@H](CC(C)C)C(=O)N[C@H](C(=O)N[C@@H](CN)C(N)=O)C1CCCCC1. The van der Waals surface area contributed by atoms with Gasteiger partial charge in [0.1, 0.15) is 30.8 Å². The number of nitrogens with zero attached hydrogens (tertiary/aromatic N) is 1. The Balaban J connectivity index is 3.15. The van der Waals surface area contributed by atoms with Crippen LogP contribution in [0.2, 0.25) is 0 Å². The van der Waals surface area contributed by atoms with Gasteiger partial charge in [-0.05, 0) is 43.9 Å². The maximum Gasteiger partial charge on any atom is 0.325 e. The van der Waals surface area contributed by atoms with Crippen LogP contribution >= 0.6 is 0 Å². The van der Waals surface area contributed by atoms with Gasteiger partial charge in [0.2, 0.25) is 35.4 Å². The van der Waals surface area contributed by atoms with Crippen molar-refractivity contribution in [2.75, 3.05) is 33.2 Å². The predicted octanol–water partition coefficient (Wildman–Crippen LogP) is 0.589. The van der Waals surface area contributed by atoms with E-state index in [9.17, 15) is 33.6 Å².